The van der Waals surface area contributed by atoms with E-state index >= 15 is 0 Å². The Morgan fingerprint density at radius 1 is 0.292 bits per heavy atom. The van der Waals surface area contributed by atoms with Crippen molar-refractivity contribution in [3.63, 3.8) is 0 Å². The summed E-state index contributed by atoms with van der Waals surface area (Å²) in [6.07, 6.45) is 59.7. The van der Waals surface area contributed by atoms with Gasteiger partial charge in [-0.05, 0) is 31.6 Å². The monoisotopic (exact) mass is 1410 g/mol. The molecule has 0 saturated heterocycles. The molecule has 0 aliphatic carbocycles. The molecule has 0 bridgehead atoms. The van der Waals surface area contributed by atoms with E-state index in [0.717, 1.165) is 102 Å². The molecule has 96 heavy (non-hydrogen) atoms. The fraction of sp³-hybridized carbons (Fsp3) is 0.948. The van der Waals surface area contributed by atoms with E-state index < -0.39 is 97.5 Å². The van der Waals surface area contributed by atoms with Crippen LogP contribution in [0.4, 0.5) is 0 Å². The molecular weight excluding hydrogens is 1260 g/mol. The number of hydrogen-bond acceptors (Lipinski definition) is 15. The third-order valence-corrected chi connectivity index (χ3v) is 20.3. The van der Waals surface area contributed by atoms with E-state index in [2.05, 4.69) is 34.6 Å². The van der Waals surface area contributed by atoms with Gasteiger partial charge in [-0.2, -0.15) is 0 Å². The van der Waals surface area contributed by atoms with E-state index in [-0.39, 0.29) is 25.7 Å². The molecule has 0 aliphatic rings. The van der Waals surface area contributed by atoms with Gasteiger partial charge in [0.1, 0.15) is 19.3 Å². The van der Waals surface area contributed by atoms with E-state index in [1.807, 2.05) is 0 Å². The molecule has 0 aromatic carbocycles. The van der Waals surface area contributed by atoms with Crippen molar-refractivity contribution >= 4 is 39.5 Å². The maximum absolute atomic E-state index is 13.1. The standard InChI is InChI=1S/C77H150O17P2/c1-6-10-13-16-19-22-25-27-29-31-33-35-37-40-43-46-53-58-63-77(82)93-72(66-87-74(79)60-55-50-44-41-39-36-34-32-30-28-26-23-20-17-14-11-7-2)68-91-95(83,84)89-64-71(78)65-90-96(85,86)92-69-73(67-88-75(80)61-56-51-48-47-49-54-59-70(5)9-4)94-76(81)62-57-52-45-42-38-24-21-18-15-12-8-3/h70-73,78H,6-69H2,1-5H3,(H,83,84)(H,85,86)/t70?,71-,72-,73-/m1/s1. The van der Waals surface area contributed by atoms with Crippen LogP contribution in [0.3, 0.4) is 0 Å². The summed E-state index contributed by atoms with van der Waals surface area (Å²) < 4.78 is 68.5. The van der Waals surface area contributed by atoms with Gasteiger partial charge in [0.2, 0.25) is 0 Å². The number of carbonyl (C=O) groups excluding carboxylic acids is 4. The molecule has 0 spiro atoms. The number of carbonyl (C=O) groups is 4. The third kappa shape index (κ3) is 69.2. The summed E-state index contributed by atoms with van der Waals surface area (Å²) in [4.78, 5) is 72.8. The average Bonchev–Trinajstić information content (AvgIpc) is 1.12. The molecule has 6 atom stereocenters. The Morgan fingerprint density at radius 3 is 0.740 bits per heavy atom. The minimum atomic E-state index is -4.96. The number of unbranched alkanes of at least 4 members (excludes halogenated alkanes) is 48. The van der Waals surface area contributed by atoms with Crippen LogP contribution >= 0.6 is 15.6 Å². The van der Waals surface area contributed by atoms with Crippen LogP contribution in [0.1, 0.15) is 407 Å². The zero-order chi connectivity index (χ0) is 70.5. The average molecular weight is 1410 g/mol. The number of hydrogen-bond donors (Lipinski definition) is 3. The van der Waals surface area contributed by atoms with Crippen molar-refractivity contribution in [1.82, 2.24) is 0 Å². The van der Waals surface area contributed by atoms with Crippen molar-refractivity contribution in [1.29, 1.82) is 0 Å². The lowest BCUT2D eigenvalue weighted by Crippen LogP contribution is -2.30. The minimum absolute atomic E-state index is 0.106. The molecule has 17 nitrogen and oxygen atoms in total. The molecule has 0 heterocycles. The van der Waals surface area contributed by atoms with E-state index in [0.29, 0.717) is 25.7 Å². The molecule has 570 valence electrons. The minimum Gasteiger partial charge on any atom is -0.462 e. The van der Waals surface area contributed by atoms with E-state index in [1.54, 1.807) is 0 Å². The number of ether oxygens (including phenoxy) is 4. The summed E-state index contributed by atoms with van der Waals surface area (Å²) in [6, 6.07) is 0. The predicted octanol–water partition coefficient (Wildman–Crippen LogP) is 22.9. The van der Waals surface area contributed by atoms with Crippen molar-refractivity contribution in [2.24, 2.45) is 5.92 Å². The summed E-state index contributed by atoms with van der Waals surface area (Å²) in [6.45, 7) is 7.26. The van der Waals surface area contributed by atoms with Gasteiger partial charge in [-0.3, -0.25) is 37.3 Å². The fourth-order valence-electron chi connectivity index (χ4n) is 11.8. The number of rotatable bonds is 77. The van der Waals surface area contributed by atoms with Crippen LogP contribution in [0.15, 0.2) is 0 Å². The summed E-state index contributed by atoms with van der Waals surface area (Å²) in [5.74, 6) is -1.38. The fourth-order valence-corrected chi connectivity index (χ4v) is 13.4. The molecule has 0 aliphatic heterocycles. The summed E-state index contributed by atoms with van der Waals surface area (Å²) in [5, 5.41) is 10.6. The van der Waals surface area contributed by atoms with Crippen LogP contribution in [0.2, 0.25) is 0 Å². The lowest BCUT2D eigenvalue weighted by molar-refractivity contribution is -0.161. The highest BCUT2D eigenvalue weighted by molar-refractivity contribution is 7.47. The second-order valence-electron chi connectivity index (χ2n) is 28.0. The Labute approximate surface area is 588 Å². The first kappa shape index (κ1) is 94.1. The van der Waals surface area contributed by atoms with Gasteiger partial charge < -0.3 is 33.8 Å². The first-order valence-electron chi connectivity index (χ1n) is 40.2. The van der Waals surface area contributed by atoms with E-state index in [9.17, 15) is 43.2 Å². The topological polar surface area (TPSA) is 237 Å². The lowest BCUT2D eigenvalue weighted by atomic mass is 10.00. The van der Waals surface area contributed by atoms with Crippen LogP contribution in [-0.2, 0) is 65.4 Å². The molecule has 0 amide bonds. The van der Waals surface area contributed by atoms with Gasteiger partial charge in [0.05, 0.1) is 26.4 Å². The van der Waals surface area contributed by atoms with Crippen molar-refractivity contribution in [3.05, 3.63) is 0 Å². The molecule has 3 unspecified atom stereocenters. The Morgan fingerprint density at radius 2 is 0.500 bits per heavy atom. The molecule has 0 fully saturated rings. The third-order valence-electron chi connectivity index (χ3n) is 18.4. The van der Waals surface area contributed by atoms with Crippen LogP contribution < -0.4 is 0 Å². The molecule has 0 saturated carbocycles. The maximum Gasteiger partial charge on any atom is 0.472 e. The number of phosphoric ester groups is 2. The van der Waals surface area contributed by atoms with Crippen LogP contribution in [0.25, 0.3) is 0 Å². The number of esters is 4. The SMILES string of the molecule is CCCCCCCCCCCCCCCCCCCCC(=O)O[C@H](COC(=O)CCCCCCCCCCCCCCCCCCC)COP(=O)(O)OC[C@@H](O)COP(=O)(O)OC[C@@H](COC(=O)CCCCCCCCC(C)CC)OC(=O)CCCCCCCCCCCCC. The van der Waals surface area contributed by atoms with Gasteiger partial charge in [-0.25, -0.2) is 9.13 Å². The lowest BCUT2D eigenvalue weighted by Gasteiger charge is -2.21. The van der Waals surface area contributed by atoms with Crippen molar-refractivity contribution in [2.45, 2.75) is 425 Å². The molecule has 0 rings (SSSR count). The zero-order valence-corrected chi connectivity index (χ0v) is 64.3. The van der Waals surface area contributed by atoms with Crippen molar-refractivity contribution in [3.8, 4) is 0 Å². The highest BCUT2D eigenvalue weighted by Crippen LogP contribution is 2.45. The number of aliphatic hydroxyl groups excluding tert-OH is 1. The Kier molecular flexibility index (Phi) is 68.7. The smallest absolute Gasteiger partial charge is 0.462 e. The molecule has 0 radical (unpaired) electrons. The van der Waals surface area contributed by atoms with Gasteiger partial charge in [0.15, 0.2) is 12.2 Å². The Balaban J connectivity index is 5.23. The molecule has 0 aromatic rings. The first-order valence-corrected chi connectivity index (χ1v) is 43.2. The zero-order valence-electron chi connectivity index (χ0n) is 62.5. The maximum atomic E-state index is 13.1. The molecular formula is C77H150O17P2. The second-order valence-corrected chi connectivity index (χ2v) is 30.9. The summed E-state index contributed by atoms with van der Waals surface area (Å²) in [7, 11) is -9.91. The van der Waals surface area contributed by atoms with Gasteiger partial charge in [-0.1, -0.05) is 356 Å². The predicted molar refractivity (Wildman–Crippen MR) is 391 cm³/mol. The van der Waals surface area contributed by atoms with E-state index in [4.69, 9.17) is 37.0 Å². The molecule has 19 heteroatoms. The normalized spacial score (nSPS) is 14.2. The molecule has 0 aromatic heterocycles. The largest absolute Gasteiger partial charge is 0.472 e. The highest BCUT2D eigenvalue weighted by atomic mass is 31.2. The van der Waals surface area contributed by atoms with E-state index in [1.165, 1.54) is 225 Å². The first-order chi connectivity index (χ1) is 46.6. The van der Waals surface area contributed by atoms with Crippen LogP contribution in [-0.4, -0.2) is 96.7 Å². The quantitative estimate of drug-likeness (QED) is 0.0222. The Bertz CT molecular complexity index is 1840. The van der Waals surface area contributed by atoms with Crippen molar-refractivity contribution < 1.29 is 80.2 Å². The number of aliphatic hydroxyl groups is 1. The van der Waals surface area contributed by atoms with Gasteiger partial charge in [0.25, 0.3) is 0 Å². The summed E-state index contributed by atoms with van der Waals surface area (Å²) >= 11 is 0. The molecule has 3 N–H and O–H groups in total. The number of phosphoric acid groups is 2. The Hall–Kier alpha value is -1.94. The van der Waals surface area contributed by atoms with Gasteiger partial charge in [-0.15, -0.1) is 0 Å². The van der Waals surface area contributed by atoms with Crippen molar-refractivity contribution in [2.75, 3.05) is 39.6 Å². The van der Waals surface area contributed by atoms with Gasteiger partial charge in [0, 0.05) is 25.7 Å². The van der Waals surface area contributed by atoms with Gasteiger partial charge >= 0.3 is 39.5 Å². The summed E-state index contributed by atoms with van der Waals surface area (Å²) in [5.41, 5.74) is 0. The van der Waals surface area contributed by atoms with Crippen LogP contribution in [0, 0.1) is 5.92 Å². The van der Waals surface area contributed by atoms with Crippen LogP contribution in [0.5, 0.6) is 0 Å². The second kappa shape index (κ2) is 70.1. The highest BCUT2D eigenvalue weighted by Gasteiger charge is 2.30.